The van der Waals surface area contributed by atoms with E-state index in [1.165, 1.54) is 12.1 Å². The monoisotopic (exact) mass is 278 g/mol. The Morgan fingerprint density at radius 2 is 1.84 bits per heavy atom. The zero-order chi connectivity index (χ0) is 14.0. The van der Waals surface area contributed by atoms with Crippen molar-refractivity contribution >= 4 is 11.6 Å². The number of hydrogen-bond donors (Lipinski definition) is 2. The predicted molar refractivity (Wildman–Crippen MR) is 76.5 cm³/mol. The van der Waals surface area contributed by atoms with Gasteiger partial charge in [-0.3, -0.25) is 5.84 Å². The molecule has 0 aliphatic carbocycles. The Morgan fingerprint density at radius 3 is 2.42 bits per heavy atom. The van der Waals surface area contributed by atoms with Crippen molar-refractivity contribution in [2.45, 2.75) is 19.9 Å². The van der Waals surface area contributed by atoms with Crippen LogP contribution in [-0.2, 0) is 0 Å². The molecule has 1 atom stereocenters. The van der Waals surface area contributed by atoms with Crippen molar-refractivity contribution in [2.75, 3.05) is 0 Å². The van der Waals surface area contributed by atoms with Crippen LogP contribution in [0.5, 0.6) is 0 Å². The third-order valence-corrected chi connectivity index (χ3v) is 3.36. The largest absolute Gasteiger partial charge is 0.271 e. The van der Waals surface area contributed by atoms with Gasteiger partial charge in [-0.1, -0.05) is 29.8 Å². The second-order valence-corrected chi connectivity index (χ2v) is 5.09. The summed E-state index contributed by atoms with van der Waals surface area (Å²) in [6.45, 7) is 3.81. The first kappa shape index (κ1) is 14.0. The molecule has 0 saturated carbocycles. The van der Waals surface area contributed by atoms with Gasteiger partial charge in [0.25, 0.3) is 0 Å². The Morgan fingerprint density at radius 1 is 1.11 bits per heavy atom. The molecule has 0 aliphatic heterocycles. The highest BCUT2D eigenvalue weighted by Gasteiger charge is 2.16. The minimum atomic E-state index is -0.331. The summed E-state index contributed by atoms with van der Waals surface area (Å²) in [6, 6.07) is 10.2. The van der Waals surface area contributed by atoms with Crippen LogP contribution in [0.1, 0.15) is 28.3 Å². The molecule has 2 rings (SSSR count). The van der Waals surface area contributed by atoms with Crippen LogP contribution in [0, 0.1) is 19.7 Å². The first-order valence-corrected chi connectivity index (χ1v) is 6.38. The van der Waals surface area contributed by atoms with Crippen molar-refractivity contribution in [1.82, 2.24) is 5.43 Å². The number of nitrogens with one attached hydrogen (secondary N) is 1. The minimum absolute atomic E-state index is 0.279. The molecule has 0 saturated heterocycles. The number of halogens is 2. The Hall–Kier alpha value is -1.42. The van der Waals surface area contributed by atoms with E-state index in [1.807, 2.05) is 38.1 Å². The summed E-state index contributed by atoms with van der Waals surface area (Å²) >= 11 is 6.24. The van der Waals surface area contributed by atoms with Gasteiger partial charge < -0.3 is 0 Å². The molecule has 2 aromatic carbocycles. The minimum Gasteiger partial charge on any atom is -0.271 e. The lowest BCUT2D eigenvalue weighted by Gasteiger charge is -2.19. The Kier molecular flexibility index (Phi) is 4.20. The highest BCUT2D eigenvalue weighted by atomic mass is 35.5. The van der Waals surface area contributed by atoms with Gasteiger partial charge in [-0.05, 0) is 54.3 Å². The second kappa shape index (κ2) is 5.70. The van der Waals surface area contributed by atoms with Crippen molar-refractivity contribution in [2.24, 2.45) is 5.84 Å². The molecule has 0 bridgehead atoms. The third-order valence-electron chi connectivity index (χ3n) is 3.03. The molecule has 19 heavy (non-hydrogen) atoms. The van der Waals surface area contributed by atoms with E-state index in [1.54, 1.807) is 0 Å². The van der Waals surface area contributed by atoms with Crippen molar-refractivity contribution < 1.29 is 4.39 Å². The molecule has 0 spiro atoms. The zero-order valence-electron chi connectivity index (χ0n) is 10.9. The molecular weight excluding hydrogens is 263 g/mol. The Labute approximate surface area is 117 Å². The standard InChI is InChI=1S/C15H16ClFN2/c1-9-3-4-13(14(16)7-9)15(19-18)11-5-10(2)6-12(17)8-11/h3-8,15,19H,18H2,1-2H3. The van der Waals surface area contributed by atoms with Gasteiger partial charge in [-0.2, -0.15) is 0 Å². The van der Waals surface area contributed by atoms with Crippen molar-refractivity contribution in [3.05, 3.63) is 69.5 Å². The van der Waals surface area contributed by atoms with Gasteiger partial charge in [0.05, 0.1) is 6.04 Å². The van der Waals surface area contributed by atoms with Crippen LogP contribution in [0.2, 0.25) is 5.02 Å². The number of nitrogens with two attached hydrogens (primary N) is 1. The first-order chi connectivity index (χ1) is 9.01. The van der Waals surface area contributed by atoms with E-state index >= 15 is 0 Å². The lowest BCUT2D eigenvalue weighted by molar-refractivity contribution is 0.604. The van der Waals surface area contributed by atoms with Gasteiger partial charge in [0.15, 0.2) is 0 Å². The van der Waals surface area contributed by atoms with Crippen molar-refractivity contribution in [1.29, 1.82) is 0 Å². The molecule has 0 radical (unpaired) electrons. The van der Waals surface area contributed by atoms with Crippen LogP contribution in [0.25, 0.3) is 0 Å². The van der Waals surface area contributed by atoms with Crippen LogP contribution in [-0.4, -0.2) is 0 Å². The summed E-state index contributed by atoms with van der Waals surface area (Å²) in [5.74, 6) is 5.33. The van der Waals surface area contributed by atoms with E-state index in [4.69, 9.17) is 17.4 Å². The van der Waals surface area contributed by atoms with Gasteiger partial charge in [-0.15, -0.1) is 0 Å². The molecule has 1 unspecified atom stereocenters. The maximum absolute atomic E-state index is 13.5. The van der Waals surface area contributed by atoms with Gasteiger partial charge in [0, 0.05) is 5.02 Å². The van der Waals surface area contributed by atoms with Crippen molar-refractivity contribution in [3.63, 3.8) is 0 Å². The van der Waals surface area contributed by atoms with Crippen LogP contribution in [0.15, 0.2) is 36.4 Å². The molecule has 0 aliphatic rings. The first-order valence-electron chi connectivity index (χ1n) is 6.00. The summed E-state index contributed by atoms with van der Waals surface area (Å²) in [6.07, 6.45) is 0. The molecule has 0 heterocycles. The van der Waals surface area contributed by atoms with Crippen LogP contribution in [0.3, 0.4) is 0 Å². The van der Waals surface area contributed by atoms with E-state index in [0.717, 1.165) is 22.3 Å². The number of hydrazine groups is 1. The number of rotatable bonds is 3. The maximum Gasteiger partial charge on any atom is 0.123 e. The highest BCUT2D eigenvalue weighted by molar-refractivity contribution is 6.31. The van der Waals surface area contributed by atoms with Gasteiger partial charge in [0.1, 0.15) is 5.82 Å². The van der Waals surface area contributed by atoms with Crippen molar-refractivity contribution in [3.8, 4) is 0 Å². The summed E-state index contributed by atoms with van der Waals surface area (Å²) in [5, 5.41) is 0.616. The molecule has 3 N–H and O–H groups in total. The fourth-order valence-electron chi connectivity index (χ4n) is 2.16. The number of aryl methyl sites for hydroxylation is 2. The Balaban J connectivity index is 2.49. The van der Waals surface area contributed by atoms with Crippen LogP contribution >= 0.6 is 11.6 Å². The highest BCUT2D eigenvalue weighted by Crippen LogP contribution is 2.29. The van der Waals surface area contributed by atoms with E-state index in [9.17, 15) is 4.39 Å². The average Bonchev–Trinajstić information content (AvgIpc) is 2.31. The molecular formula is C15H16ClFN2. The lowest BCUT2D eigenvalue weighted by Crippen LogP contribution is -2.29. The van der Waals surface area contributed by atoms with Crippen LogP contribution in [0.4, 0.5) is 4.39 Å². The quantitative estimate of drug-likeness (QED) is 0.664. The second-order valence-electron chi connectivity index (χ2n) is 4.69. The summed E-state index contributed by atoms with van der Waals surface area (Å²) in [7, 11) is 0. The number of benzene rings is 2. The SMILES string of the molecule is Cc1cc(F)cc(C(NN)c2ccc(C)cc2Cl)c1. The smallest absolute Gasteiger partial charge is 0.123 e. The zero-order valence-corrected chi connectivity index (χ0v) is 11.6. The molecule has 0 amide bonds. The van der Waals surface area contributed by atoms with Crippen LogP contribution < -0.4 is 11.3 Å². The molecule has 2 aromatic rings. The molecule has 0 fully saturated rings. The van der Waals surface area contributed by atoms with E-state index in [0.29, 0.717) is 5.02 Å². The van der Waals surface area contributed by atoms with E-state index in [-0.39, 0.29) is 11.9 Å². The lowest BCUT2D eigenvalue weighted by atomic mass is 9.97. The average molecular weight is 279 g/mol. The van der Waals surface area contributed by atoms with E-state index < -0.39 is 0 Å². The fraction of sp³-hybridized carbons (Fsp3) is 0.200. The topological polar surface area (TPSA) is 38.0 Å². The molecule has 100 valence electrons. The Bertz CT molecular complexity index is 578. The number of hydrogen-bond acceptors (Lipinski definition) is 2. The van der Waals surface area contributed by atoms with Gasteiger partial charge >= 0.3 is 0 Å². The van der Waals surface area contributed by atoms with Gasteiger partial charge in [-0.25, -0.2) is 9.82 Å². The summed E-state index contributed by atoms with van der Waals surface area (Å²) < 4.78 is 13.5. The maximum atomic E-state index is 13.5. The molecule has 2 nitrogen and oxygen atoms in total. The van der Waals surface area contributed by atoms with Gasteiger partial charge in [0.2, 0.25) is 0 Å². The molecule has 4 heteroatoms. The summed E-state index contributed by atoms with van der Waals surface area (Å²) in [4.78, 5) is 0. The fourth-order valence-corrected chi connectivity index (χ4v) is 2.51. The summed E-state index contributed by atoms with van der Waals surface area (Å²) in [5.41, 5.74) is 6.20. The van der Waals surface area contributed by atoms with E-state index in [2.05, 4.69) is 5.43 Å². The molecule has 0 aromatic heterocycles. The third kappa shape index (κ3) is 3.13. The predicted octanol–water partition coefficient (Wildman–Crippen LogP) is 3.65. The normalized spacial score (nSPS) is 12.5.